The fourth-order valence-electron chi connectivity index (χ4n) is 2.28. The van der Waals surface area contributed by atoms with Crippen molar-refractivity contribution in [3.05, 3.63) is 33.8 Å². The zero-order valence-corrected chi connectivity index (χ0v) is 12.6. The van der Waals surface area contributed by atoms with Gasteiger partial charge >= 0.3 is 5.97 Å². The van der Waals surface area contributed by atoms with Gasteiger partial charge in [0, 0.05) is 26.1 Å². The maximum absolute atomic E-state index is 11.7. The molecule has 4 nitrogen and oxygen atoms in total. The molecule has 20 heavy (non-hydrogen) atoms. The van der Waals surface area contributed by atoms with Crippen molar-refractivity contribution in [1.29, 1.82) is 0 Å². The third-order valence-electron chi connectivity index (χ3n) is 3.38. The Morgan fingerprint density at radius 1 is 1.40 bits per heavy atom. The number of nitrogens with zero attached hydrogens (tertiary/aromatic N) is 1. The number of esters is 1. The van der Waals surface area contributed by atoms with Crippen LogP contribution in [0.25, 0.3) is 0 Å². The third-order valence-corrected chi connectivity index (χ3v) is 4.12. The summed E-state index contributed by atoms with van der Waals surface area (Å²) in [7, 11) is 1.30. The number of piperidine rings is 1. The number of Topliss-reactive ketones (excluding diaryl/α,β-unsaturated/α-hetero) is 1. The highest BCUT2D eigenvalue weighted by atomic mass is 35.5. The van der Waals surface area contributed by atoms with Crippen molar-refractivity contribution in [2.75, 3.05) is 20.2 Å². The molecule has 1 unspecified atom stereocenters. The molecule has 1 aromatic rings. The van der Waals surface area contributed by atoms with Crippen molar-refractivity contribution in [3.8, 4) is 0 Å². The van der Waals surface area contributed by atoms with E-state index < -0.39 is 11.9 Å². The Morgan fingerprint density at radius 3 is 2.80 bits per heavy atom. The Balaban J connectivity index is 2.04. The first-order valence-electron chi connectivity index (χ1n) is 6.28. The minimum Gasteiger partial charge on any atom is -0.468 e. The van der Waals surface area contributed by atoms with Crippen molar-refractivity contribution >= 4 is 35.0 Å². The molecule has 1 saturated heterocycles. The highest BCUT2D eigenvalue weighted by Crippen LogP contribution is 2.24. The van der Waals surface area contributed by atoms with E-state index in [2.05, 4.69) is 4.74 Å². The summed E-state index contributed by atoms with van der Waals surface area (Å²) in [5, 5.41) is 1.01. The molecule has 1 aromatic carbocycles. The van der Waals surface area contributed by atoms with E-state index >= 15 is 0 Å². The molecule has 0 bridgehead atoms. The summed E-state index contributed by atoms with van der Waals surface area (Å²) in [6.45, 7) is 1.63. The van der Waals surface area contributed by atoms with Crippen LogP contribution in [-0.2, 0) is 20.9 Å². The zero-order valence-electron chi connectivity index (χ0n) is 11.1. The van der Waals surface area contributed by atoms with Crippen LogP contribution in [0.3, 0.4) is 0 Å². The average Bonchev–Trinajstić information content (AvgIpc) is 2.44. The topological polar surface area (TPSA) is 46.6 Å². The van der Waals surface area contributed by atoms with Crippen LogP contribution in [0.4, 0.5) is 0 Å². The lowest BCUT2D eigenvalue weighted by Gasteiger charge is -2.30. The van der Waals surface area contributed by atoms with E-state index in [1.165, 1.54) is 7.11 Å². The van der Waals surface area contributed by atoms with E-state index in [9.17, 15) is 9.59 Å². The molecule has 0 saturated carbocycles. The molecular weight excluding hydrogens is 301 g/mol. The maximum Gasteiger partial charge on any atom is 0.317 e. The van der Waals surface area contributed by atoms with Gasteiger partial charge in [-0.25, -0.2) is 0 Å². The normalized spacial score (nSPS) is 19.9. The van der Waals surface area contributed by atoms with Gasteiger partial charge in [-0.1, -0.05) is 29.3 Å². The van der Waals surface area contributed by atoms with Gasteiger partial charge in [0.1, 0.15) is 11.7 Å². The van der Waals surface area contributed by atoms with Gasteiger partial charge in [-0.3, -0.25) is 14.5 Å². The number of halogens is 2. The molecule has 1 fully saturated rings. The first-order valence-corrected chi connectivity index (χ1v) is 7.03. The predicted octanol–water partition coefficient (Wildman–Crippen LogP) is 2.56. The fraction of sp³-hybridized carbons (Fsp3) is 0.429. The standard InChI is InChI=1S/C14H15Cl2NO3/c1-20-14(19)10-8-17(5-4-13(10)18)7-9-2-3-11(15)12(16)6-9/h2-3,6,10H,4-5,7-8H2,1H3. The lowest BCUT2D eigenvalue weighted by atomic mass is 9.96. The lowest BCUT2D eigenvalue weighted by molar-refractivity contribution is -0.152. The lowest BCUT2D eigenvalue weighted by Crippen LogP contribution is -2.44. The van der Waals surface area contributed by atoms with Crippen LogP contribution in [0.15, 0.2) is 18.2 Å². The summed E-state index contributed by atoms with van der Waals surface area (Å²) in [6, 6.07) is 5.43. The zero-order chi connectivity index (χ0) is 14.7. The quantitative estimate of drug-likeness (QED) is 0.635. The van der Waals surface area contributed by atoms with E-state index in [1.54, 1.807) is 12.1 Å². The van der Waals surface area contributed by atoms with E-state index in [4.69, 9.17) is 23.2 Å². The molecule has 108 valence electrons. The van der Waals surface area contributed by atoms with Crippen LogP contribution in [0.5, 0.6) is 0 Å². The molecule has 0 aliphatic carbocycles. The van der Waals surface area contributed by atoms with Crippen LogP contribution < -0.4 is 0 Å². The molecule has 0 aromatic heterocycles. The number of methoxy groups -OCH3 is 1. The highest BCUT2D eigenvalue weighted by Gasteiger charge is 2.33. The first-order chi connectivity index (χ1) is 9.51. The first kappa shape index (κ1) is 15.3. The van der Waals surface area contributed by atoms with E-state index in [1.807, 2.05) is 11.0 Å². The predicted molar refractivity (Wildman–Crippen MR) is 76.9 cm³/mol. The van der Waals surface area contributed by atoms with Gasteiger partial charge < -0.3 is 4.74 Å². The molecule has 0 radical (unpaired) electrons. The SMILES string of the molecule is COC(=O)C1CN(Cc2ccc(Cl)c(Cl)c2)CCC1=O. The molecule has 1 aliphatic rings. The number of ether oxygens (including phenoxy) is 1. The van der Waals surface area contributed by atoms with Gasteiger partial charge in [0.2, 0.25) is 0 Å². The Kier molecular flexibility index (Phi) is 5.02. The molecule has 1 aliphatic heterocycles. The van der Waals surface area contributed by atoms with Gasteiger partial charge in [0.15, 0.2) is 0 Å². The Morgan fingerprint density at radius 2 is 2.15 bits per heavy atom. The molecule has 0 amide bonds. The van der Waals surface area contributed by atoms with Crippen molar-refractivity contribution in [2.45, 2.75) is 13.0 Å². The van der Waals surface area contributed by atoms with Crippen molar-refractivity contribution in [3.63, 3.8) is 0 Å². The Hall–Kier alpha value is -1.10. The average molecular weight is 316 g/mol. The van der Waals surface area contributed by atoms with Crippen molar-refractivity contribution in [2.24, 2.45) is 5.92 Å². The van der Waals surface area contributed by atoms with E-state index in [-0.39, 0.29) is 5.78 Å². The van der Waals surface area contributed by atoms with E-state index in [0.717, 1.165) is 5.56 Å². The number of likely N-dealkylation sites (tertiary alicyclic amines) is 1. The second-order valence-corrected chi connectivity index (χ2v) is 5.59. The van der Waals surface area contributed by atoms with Gasteiger partial charge in [-0.15, -0.1) is 0 Å². The minimum atomic E-state index is -0.684. The number of hydrogen-bond donors (Lipinski definition) is 0. The van der Waals surface area contributed by atoms with Crippen LogP contribution in [0, 0.1) is 5.92 Å². The molecule has 2 rings (SSSR count). The second-order valence-electron chi connectivity index (χ2n) is 4.78. The second kappa shape index (κ2) is 6.57. The van der Waals surface area contributed by atoms with Gasteiger partial charge in [0.25, 0.3) is 0 Å². The van der Waals surface area contributed by atoms with Crippen LogP contribution >= 0.6 is 23.2 Å². The fourth-order valence-corrected chi connectivity index (χ4v) is 2.60. The third kappa shape index (κ3) is 3.51. The van der Waals surface area contributed by atoms with Crippen molar-refractivity contribution in [1.82, 2.24) is 4.90 Å². The summed E-state index contributed by atoms with van der Waals surface area (Å²) in [5.41, 5.74) is 0.998. The summed E-state index contributed by atoms with van der Waals surface area (Å²) in [6.07, 6.45) is 0.362. The summed E-state index contributed by atoms with van der Waals surface area (Å²) < 4.78 is 4.67. The monoisotopic (exact) mass is 315 g/mol. The summed E-state index contributed by atoms with van der Waals surface area (Å²) in [5.74, 6) is -1.20. The smallest absolute Gasteiger partial charge is 0.317 e. The molecule has 0 spiro atoms. The largest absolute Gasteiger partial charge is 0.468 e. The minimum absolute atomic E-state index is 0.0535. The number of carbonyl (C=O) groups is 2. The number of hydrogen-bond acceptors (Lipinski definition) is 4. The molecule has 0 N–H and O–H groups in total. The molecule has 6 heteroatoms. The van der Waals surface area contributed by atoms with Crippen molar-refractivity contribution < 1.29 is 14.3 Å². The molecule has 1 atom stereocenters. The van der Waals surface area contributed by atoms with Crippen LogP contribution in [0.2, 0.25) is 10.0 Å². The van der Waals surface area contributed by atoms with Gasteiger partial charge in [-0.05, 0) is 17.7 Å². The Bertz CT molecular complexity index is 525. The highest BCUT2D eigenvalue weighted by molar-refractivity contribution is 6.42. The summed E-state index contributed by atoms with van der Waals surface area (Å²) in [4.78, 5) is 25.3. The summed E-state index contributed by atoms with van der Waals surface area (Å²) >= 11 is 11.9. The number of carbonyl (C=O) groups excluding carboxylic acids is 2. The van der Waals surface area contributed by atoms with Gasteiger partial charge in [0.05, 0.1) is 17.2 Å². The number of benzene rings is 1. The molecule has 1 heterocycles. The van der Waals surface area contributed by atoms with Crippen LogP contribution in [-0.4, -0.2) is 36.9 Å². The number of ketones is 1. The van der Waals surface area contributed by atoms with Crippen LogP contribution in [0.1, 0.15) is 12.0 Å². The molecular formula is C14H15Cl2NO3. The number of rotatable bonds is 3. The Labute approximate surface area is 127 Å². The van der Waals surface area contributed by atoms with Gasteiger partial charge in [-0.2, -0.15) is 0 Å². The maximum atomic E-state index is 11.7. The van der Waals surface area contributed by atoms with E-state index in [0.29, 0.717) is 36.1 Å².